The fourth-order valence-corrected chi connectivity index (χ4v) is 3.75. The summed E-state index contributed by atoms with van der Waals surface area (Å²) in [4.78, 5) is 7.84. The van der Waals surface area contributed by atoms with Crippen molar-refractivity contribution in [2.75, 3.05) is 38.1 Å². The molecule has 0 spiro atoms. The zero-order chi connectivity index (χ0) is 16.0. The molecule has 1 aromatic heterocycles. The molecule has 2 N–H and O–H groups in total. The predicted octanol–water partition coefficient (Wildman–Crippen LogP) is 2.78. The quantitative estimate of drug-likeness (QED) is 0.747. The Labute approximate surface area is 137 Å². The Morgan fingerprint density at radius 1 is 1.04 bits per heavy atom. The van der Waals surface area contributed by atoms with E-state index in [1.165, 1.54) is 46.1 Å². The minimum absolute atomic E-state index is 0.517. The van der Waals surface area contributed by atoms with Crippen molar-refractivity contribution in [2.24, 2.45) is 0 Å². The van der Waals surface area contributed by atoms with Crippen LogP contribution in [0.4, 0.5) is 5.69 Å². The molecule has 0 aliphatic carbocycles. The molecule has 1 saturated heterocycles. The molecule has 0 amide bonds. The minimum Gasteiger partial charge on any atom is -0.360 e. The number of quaternary nitrogens is 1. The summed E-state index contributed by atoms with van der Waals surface area (Å²) >= 11 is 0. The molecule has 120 valence electrons. The lowest BCUT2D eigenvalue weighted by Gasteiger charge is -2.32. The van der Waals surface area contributed by atoms with E-state index in [0.717, 1.165) is 13.1 Å². The maximum absolute atomic E-state index is 3.64. The number of rotatable bonds is 2. The first-order chi connectivity index (χ1) is 11.1. The summed E-state index contributed by atoms with van der Waals surface area (Å²) in [6, 6.07) is 13.5. The molecule has 2 aromatic carbocycles. The molecule has 1 aliphatic rings. The SMILES string of the molecule is CC(C)c1cc(N2CC[NH+](C)CC2)cc2c1[nH]c1ccccc12. The second-order valence-corrected chi connectivity index (χ2v) is 7.23. The van der Waals surface area contributed by atoms with Crippen LogP contribution in [0, 0.1) is 0 Å². The summed E-state index contributed by atoms with van der Waals surface area (Å²) in [5.41, 5.74) is 5.37. The molecule has 1 aliphatic heterocycles. The van der Waals surface area contributed by atoms with Gasteiger partial charge in [-0.3, -0.25) is 0 Å². The van der Waals surface area contributed by atoms with Gasteiger partial charge in [0, 0.05) is 22.0 Å². The summed E-state index contributed by atoms with van der Waals surface area (Å²) in [7, 11) is 2.29. The number of nitrogens with zero attached hydrogens (tertiary/aromatic N) is 1. The van der Waals surface area contributed by atoms with Gasteiger partial charge in [0.05, 0.1) is 38.7 Å². The van der Waals surface area contributed by atoms with E-state index in [4.69, 9.17) is 0 Å². The molecule has 2 heterocycles. The number of aromatic amines is 1. The molecule has 0 bridgehead atoms. The van der Waals surface area contributed by atoms with Crippen molar-refractivity contribution < 1.29 is 4.90 Å². The summed E-state index contributed by atoms with van der Waals surface area (Å²) in [6.45, 7) is 9.33. The maximum atomic E-state index is 3.64. The molecule has 3 heteroatoms. The fourth-order valence-electron chi connectivity index (χ4n) is 3.75. The number of para-hydroxylation sites is 1. The number of hydrogen-bond donors (Lipinski definition) is 2. The maximum Gasteiger partial charge on any atom is 0.0947 e. The number of fused-ring (bicyclic) bond motifs is 3. The van der Waals surface area contributed by atoms with E-state index in [2.05, 4.69) is 67.2 Å². The Hall–Kier alpha value is -2.00. The monoisotopic (exact) mass is 308 g/mol. The number of hydrogen-bond acceptors (Lipinski definition) is 1. The van der Waals surface area contributed by atoms with Gasteiger partial charge in [0.15, 0.2) is 0 Å². The van der Waals surface area contributed by atoms with Crippen molar-refractivity contribution in [1.29, 1.82) is 0 Å². The average molecular weight is 308 g/mol. The van der Waals surface area contributed by atoms with Gasteiger partial charge in [0.1, 0.15) is 0 Å². The van der Waals surface area contributed by atoms with E-state index in [0.29, 0.717) is 5.92 Å². The first kappa shape index (κ1) is 14.6. The van der Waals surface area contributed by atoms with Gasteiger partial charge in [-0.25, -0.2) is 0 Å². The number of H-pyrrole nitrogens is 1. The van der Waals surface area contributed by atoms with E-state index in [-0.39, 0.29) is 0 Å². The lowest BCUT2D eigenvalue weighted by Crippen LogP contribution is -3.12. The average Bonchev–Trinajstić information content (AvgIpc) is 2.93. The second kappa shape index (κ2) is 5.57. The number of anilines is 1. The number of benzene rings is 2. The van der Waals surface area contributed by atoms with Crippen LogP contribution in [0.3, 0.4) is 0 Å². The highest BCUT2D eigenvalue weighted by Gasteiger charge is 2.20. The van der Waals surface area contributed by atoms with Gasteiger partial charge in [-0.05, 0) is 29.7 Å². The lowest BCUT2D eigenvalue weighted by atomic mass is 9.98. The first-order valence-corrected chi connectivity index (χ1v) is 8.74. The molecule has 23 heavy (non-hydrogen) atoms. The van der Waals surface area contributed by atoms with Crippen molar-refractivity contribution in [2.45, 2.75) is 19.8 Å². The third-order valence-corrected chi connectivity index (χ3v) is 5.23. The van der Waals surface area contributed by atoms with E-state index < -0.39 is 0 Å². The van der Waals surface area contributed by atoms with Crippen LogP contribution in [-0.4, -0.2) is 38.2 Å². The molecule has 0 saturated carbocycles. The molecule has 0 radical (unpaired) electrons. The highest BCUT2D eigenvalue weighted by molar-refractivity contribution is 6.09. The molecular formula is C20H26N3+. The van der Waals surface area contributed by atoms with Crippen molar-refractivity contribution in [3.8, 4) is 0 Å². The third kappa shape index (κ3) is 2.49. The van der Waals surface area contributed by atoms with Crippen LogP contribution < -0.4 is 9.80 Å². The first-order valence-electron chi connectivity index (χ1n) is 8.74. The summed E-state index contributed by atoms with van der Waals surface area (Å²) in [6.07, 6.45) is 0. The van der Waals surface area contributed by atoms with Gasteiger partial charge in [-0.2, -0.15) is 0 Å². The van der Waals surface area contributed by atoms with Gasteiger partial charge < -0.3 is 14.8 Å². The van der Waals surface area contributed by atoms with Gasteiger partial charge in [0.25, 0.3) is 0 Å². The smallest absolute Gasteiger partial charge is 0.0947 e. The van der Waals surface area contributed by atoms with E-state index in [1.807, 2.05) is 0 Å². The summed E-state index contributed by atoms with van der Waals surface area (Å²) in [5, 5.41) is 2.71. The van der Waals surface area contributed by atoms with Gasteiger partial charge >= 0.3 is 0 Å². The lowest BCUT2D eigenvalue weighted by molar-refractivity contribution is -0.880. The van der Waals surface area contributed by atoms with Crippen molar-refractivity contribution >= 4 is 27.5 Å². The number of aromatic nitrogens is 1. The molecule has 1 fully saturated rings. The molecule has 3 aromatic rings. The summed E-state index contributed by atoms with van der Waals surface area (Å²) in [5.74, 6) is 0.517. The van der Waals surface area contributed by atoms with Crippen molar-refractivity contribution in [1.82, 2.24) is 4.98 Å². The largest absolute Gasteiger partial charge is 0.360 e. The molecular weight excluding hydrogens is 282 g/mol. The summed E-state index contributed by atoms with van der Waals surface area (Å²) < 4.78 is 0. The topological polar surface area (TPSA) is 23.5 Å². The minimum atomic E-state index is 0.517. The highest BCUT2D eigenvalue weighted by Crippen LogP contribution is 2.35. The van der Waals surface area contributed by atoms with Crippen LogP contribution >= 0.6 is 0 Å². The molecule has 0 atom stereocenters. The second-order valence-electron chi connectivity index (χ2n) is 7.23. The predicted molar refractivity (Wildman–Crippen MR) is 98.7 cm³/mol. The number of likely N-dealkylation sites (N-methyl/N-ethyl adjacent to an activating group) is 1. The normalized spacial score (nSPS) is 16.8. The van der Waals surface area contributed by atoms with E-state index >= 15 is 0 Å². The fraction of sp³-hybridized carbons (Fsp3) is 0.400. The van der Waals surface area contributed by atoms with Crippen LogP contribution in [-0.2, 0) is 0 Å². The highest BCUT2D eigenvalue weighted by atomic mass is 15.2. The van der Waals surface area contributed by atoms with Crippen molar-refractivity contribution in [3.05, 3.63) is 42.0 Å². The van der Waals surface area contributed by atoms with Crippen LogP contribution in [0.2, 0.25) is 0 Å². The Morgan fingerprint density at radius 2 is 1.78 bits per heavy atom. The zero-order valence-electron chi connectivity index (χ0n) is 14.3. The van der Waals surface area contributed by atoms with E-state index in [9.17, 15) is 0 Å². The van der Waals surface area contributed by atoms with Crippen LogP contribution in [0.15, 0.2) is 36.4 Å². The molecule has 4 rings (SSSR count). The van der Waals surface area contributed by atoms with Gasteiger partial charge in [0.2, 0.25) is 0 Å². The Bertz CT molecular complexity index is 839. The zero-order valence-corrected chi connectivity index (χ0v) is 14.3. The molecule has 0 unspecified atom stereocenters. The standard InChI is InChI=1S/C20H25N3/c1-14(2)17-12-15(23-10-8-22(3)9-11-23)13-18-16-6-4-5-7-19(16)21-20(17)18/h4-7,12-14,21H,8-11H2,1-3H3/p+1. The third-order valence-electron chi connectivity index (χ3n) is 5.23. The Balaban J connectivity index is 1.90. The van der Waals surface area contributed by atoms with Crippen molar-refractivity contribution in [3.63, 3.8) is 0 Å². The number of nitrogens with one attached hydrogen (secondary N) is 2. The van der Waals surface area contributed by atoms with E-state index in [1.54, 1.807) is 4.90 Å². The van der Waals surface area contributed by atoms with Crippen LogP contribution in [0.5, 0.6) is 0 Å². The number of piperazine rings is 1. The van der Waals surface area contributed by atoms with Crippen LogP contribution in [0.25, 0.3) is 21.8 Å². The van der Waals surface area contributed by atoms with Gasteiger partial charge in [-0.15, -0.1) is 0 Å². The molecule has 3 nitrogen and oxygen atoms in total. The van der Waals surface area contributed by atoms with Crippen LogP contribution in [0.1, 0.15) is 25.3 Å². The Morgan fingerprint density at radius 3 is 2.52 bits per heavy atom. The van der Waals surface area contributed by atoms with Gasteiger partial charge in [-0.1, -0.05) is 32.0 Å². The Kier molecular flexibility index (Phi) is 3.53.